The molecule has 230 valence electrons. The largest absolute Gasteiger partial charge is 0.496 e. The van der Waals surface area contributed by atoms with Gasteiger partial charge in [-0.25, -0.2) is 4.99 Å². The van der Waals surface area contributed by atoms with Gasteiger partial charge in [-0.2, -0.15) is 0 Å². The molecule has 0 amide bonds. The van der Waals surface area contributed by atoms with Crippen LogP contribution in [0.4, 0.5) is 5.69 Å². The van der Waals surface area contributed by atoms with E-state index in [0.29, 0.717) is 20.8 Å². The summed E-state index contributed by atoms with van der Waals surface area (Å²) in [6.45, 7) is 0.211. The van der Waals surface area contributed by atoms with Gasteiger partial charge in [0.1, 0.15) is 12.4 Å². The minimum Gasteiger partial charge on any atom is -0.496 e. The molecule has 0 saturated carbocycles. The average molecular weight is 632 g/mol. The second-order valence-corrected chi connectivity index (χ2v) is 12.0. The molecular weight excluding hydrogens is 602 g/mol. The number of aromatic nitrogens is 1. The average Bonchev–Trinajstić information content (AvgIpc) is 3.40. The van der Waals surface area contributed by atoms with Crippen molar-refractivity contribution < 1.29 is 19.1 Å². The van der Waals surface area contributed by atoms with E-state index in [9.17, 15) is 14.9 Å². The number of thiazole rings is 1. The number of non-ortho nitro benzene ring substituents is 1. The molecule has 0 spiro atoms. The number of benzene rings is 4. The number of hydrogen-bond acceptors (Lipinski definition) is 8. The van der Waals surface area contributed by atoms with Gasteiger partial charge >= 0.3 is 0 Å². The zero-order valence-corrected chi connectivity index (χ0v) is 26.0. The third kappa shape index (κ3) is 5.26. The quantitative estimate of drug-likeness (QED) is 0.158. The summed E-state index contributed by atoms with van der Waals surface area (Å²) in [5.41, 5.74) is 6.79. The summed E-state index contributed by atoms with van der Waals surface area (Å²) >= 11 is 1.36. The number of hydrogen-bond donors (Lipinski definition) is 0. The summed E-state index contributed by atoms with van der Waals surface area (Å²) in [6, 6.07) is 27.6. The monoisotopic (exact) mass is 631 g/mol. The first-order valence-electron chi connectivity index (χ1n) is 14.8. The van der Waals surface area contributed by atoms with E-state index < -0.39 is 4.92 Å². The van der Waals surface area contributed by atoms with Crippen molar-refractivity contribution in [3.63, 3.8) is 0 Å². The Balaban J connectivity index is 1.28. The number of rotatable bonds is 8. The fourth-order valence-corrected chi connectivity index (χ4v) is 7.11. The molecule has 9 nitrogen and oxygen atoms in total. The maximum atomic E-state index is 14.2. The number of para-hydroxylation sites is 1. The van der Waals surface area contributed by atoms with Crippen LogP contribution < -0.4 is 29.1 Å². The van der Waals surface area contributed by atoms with Crippen LogP contribution in [0.2, 0.25) is 0 Å². The highest BCUT2D eigenvalue weighted by Crippen LogP contribution is 2.43. The van der Waals surface area contributed by atoms with Crippen molar-refractivity contribution >= 4 is 28.8 Å². The van der Waals surface area contributed by atoms with Crippen molar-refractivity contribution in [2.75, 3.05) is 14.2 Å². The lowest BCUT2D eigenvalue weighted by atomic mass is 9.83. The fourth-order valence-electron chi connectivity index (χ4n) is 6.11. The van der Waals surface area contributed by atoms with Crippen molar-refractivity contribution in [1.29, 1.82) is 0 Å². The Morgan fingerprint density at radius 1 is 0.935 bits per heavy atom. The molecule has 0 fully saturated rings. The van der Waals surface area contributed by atoms with Gasteiger partial charge < -0.3 is 14.2 Å². The summed E-state index contributed by atoms with van der Waals surface area (Å²) in [4.78, 5) is 30.4. The first kappa shape index (κ1) is 29.2. The predicted molar refractivity (Wildman–Crippen MR) is 176 cm³/mol. The number of allylic oxidation sites excluding steroid dienone is 1. The Morgan fingerprint density at radius 2 is 1.70 bits per heavy atom. The minimum atomic E-state index is -0.435. The molecule has 7 rings (SSSR count). The van der Waals surface area contributed by atoms with Gasteiger partial charge in [0.2, 0.25) is 0 Å². The molecule has 1 aliphatic heterocycles. The standard InChI is InChI=1S/C36H29N3O6S/c1-43-29-10-6-5-9-27(29)34-28-17-14-24-7-3-4-8-26(24)33(28)37-36-38(34)35(40)32(46-36)20-23-13-18-30(31(19-23)44-2)45-21-22-11-15-25(16-12-22)39(41)42/h3-13,15-16,18-20,34H,14,17,21H2,1-2H3/b32-20+/t34-/m0/s1. The van der Waals surface area contributed by atoms with E-state index in [1.807, 2.05) is 48.5 Å². The molecule has 0 N–H and O–H groups in total. The summed E-state index contributed by atoms with van der Waals surface area (Å²) in [5.74, 6) is 1.74. The predicted octanol–water partition coefficient (Wildman–Crippen LogP) is 5.82. The van der Waals surface area contributed by atoms with Gasteiger partial charge in [0.05, 0.1) is 35.4 Å². The Kier molecular flexibility index (Phi) is 7.71. The normalized spacial score (nSPS) is 15.3. The summed E-state index contributed by atoms with van der Waals surface area (Å²) in [7, 11) is 3.21. The van der Waals surface area contributed by atoms with Crippen LogP contribution in [0.1, 0.15) is 40.3 Å². The molecule has 2 heterocycles. The Labute approximate surface area is 268 Å². The number of aryl methyl sites for hydroxylation is 1. The highest BCUT2D eigenvalue weighted by molar-refractivity contribution is 7.07. The van der Waals surface area contributed by atoms with Crippen molar-refractivity contribution in [2.24, 2.45) is 4.99 Å². The lowest BCUT2D eigenvalue weighted by molar-refractivity contribution is -0.384. The number of nitrogens with zero attached hydrogens (tertiary/aromatic N) is 3. The van der Waals surface area contributed by atoms with Crippen molar-refractivity contribution in [3.8, 4) is 17.2 Å². The number of methoxy groups -OCH3 is 2. The Morgan fingerprint density at radius 3 is 2.48 bits per heavy atom. The zero-order chi connectivity index (χ0) is 31.8. The van der Waals surface area contributed by atoms with Gasteiger partial charge in [-0.05, 0) is 71.5 Å². The number of nitro groups is 1. The molecule has 2 aliphatic rings. The number of ether oxygens (including phenoxy) is 3. The highest BCUT2D eigenvalue weighted by atomic mass is 32.1. The third-order valence-corrected chi connectivity index (χ3v) is 9.32. The van der Waals surface area contributed by atoms with E-state index in [1.54, 1.807) is 37.0 Å². The highest BCUT2D eigenvalue weighted by Gasteiger charge is 2.34. The number of nitro benzene ring substituents is 1. The molecule has 0 saturated heterocycles. The van der Waals surface area contributed by atoms with E-state index >= 15 is 0 Å². The van der Waals surface area contributed by atoms with Crippen LogP contribution in [-0.2, 0) is 13.0 Å². The minimum absolute atomic E-state index is 0.0233. The summed E-state index contributed by atoms with van der Waals surface area (Å²) in [5, 5.41) is 10.9. The van der Waals surface area contributed by atoms with Crippen LogP contribution in [0.3, 0.4) is 0 Å². The van der Waals surface area contributed by atoms with Crippen LogP contribution in [0.15, 0.2) is 106 Å². The molecule has 46 heavy (non-hydrogen) atoms. The second kappa shape index (κ2) is 12.1. The first-order chi connectivity index (χ1) is 22.4. The Bertz CT molecular complexity index is 2200. The molecule has 4 aromatic carbocycles. The summed E-state index contributed by atoms with van der Waals surface area (Å²) in [6.07, 6.45) is 3.52. The van der Waals surface area contributed by atoms with Gasteiger partial charge in [-0.1, -0.05) is 59.9 Å². The number of fused-ring (bicyclic) bond motifs is 3. The van der Waals surface area contributed by atoms with Crippen molar-refractivity contribution in [3.05, 3.63) is 154 Å². The zero-order valence-electron chi connectivity index (χ0n) is 25.1. The van der Waals surface area contributed by atoms with E-state index in [1.165, 1.54) is 29.0 Å². The molecule has 5 aromatic rings. The fraction of sp³-hybridized carbons (Fsp3) is 0.167. The molecule has 1 aliphatic carbocycles. The SMILES string of the molecule is COc1cc(/C=c2/sc3n(c2=O)[C@@H](c2ccccc2OC)C2=C(N=3)c3ccccc3CC2)ccc1OCc1ccc([N+](=O)[O-])cc1. The molecule has 10 heteroatoms. The van der Waals surface area contributed by atoms with Crippen LogP contribution in [0.25, 0.3) is 11.8 Å². The van der Waals surface area contributed by atoms with E-state index in [4.69, 9.17) is 19.2 Å². The van der Waals surface area contributed by atoms with Gasteiger partial charge in [0, 0.05) is 23.3 Å². The van der Waals surface area contributed by atoms with Crippen molar-refractivity contribution in [1.82, 2.24) is 4.57 Å². The Hall–Kier alpha value is -5.48. The van der Waals surface area contributed by atoms with Gasteiger partial charge in [0.25, 0.3) is 11.2 Å². The first-order valence-corrected chi connectivity index (χ1v) is 15.6. The van der Waals surface area contributed by atoms with Crippen LogP contribution >= 0.6 is 11.3 Å². The molecule has 1 atom stereocenters. The van der Waals surface area contributed by atoms with E-state index in [2.05, 4.69) is 18.2 Å². The van der Waals surface area contributed by atoms with E-state index in [-0.39, 0.29) is 23.9 Å². The topological polar surface area (TPSA) is 105 Å². The molecule has 0 unspecified atom stereocenters. The maximum absolute atomic E-state index is 14.2. The third-order valence-electron chi connectivity index (χ3n) is 8.33. The second-order valence-electron chi connectivity index (χ2n) is 11.0. The summed E-state index contributed by atoms with van der Waals surface area (Å²) < 4.78 is 19.7. The maximum Gasteiger partial charge on any atom is 0.271 e. The molecule has 0 bridgehead atoms. The molecule has 0 radical (unpaired) electrons. The lowest BCUT2D eigenvalue weighted by Crippen LogP contribution is -2.39. The molecular formula is C36H29N3O6S. The lowest BCUT2D eigenvalue weighted by Gasteiger charge is -2.31. The van der Waals surface area contributed by atoms with Crippen LogP contribution in [0, 0.1) is 10.1 Å². The van der Waals surface area contributed by atoms with Crippen LogP contribution in [0.5, 0.6) is 17.2 Å². The van der Waals surface area contributed by atoms with E-state index in [0.717, 1.165) is 52.1 Å². The smallest absolute Gasteiger partial charge is 0.271 e. The van der Waals surface area contributed by atoms with Gasteiger partial charge in [0.15, 0.2) is 16.3 Å². The van der Waals surface area contributed by atoms with Crippen LogP contribution in [-0.4, -0.2) is 23.7 Å². The van der Waals surface area contributed by atoms with Gasteiger partial charge in [-0.15, -0.1) is 0 Å². The van der Waals surface area contributed by atoms with Gasteiger partial charge in [-0.3, -0.25) is 19.5 Å². The molecule has 1 aromatic heterocycles. The van der Waals surface area contributed by atoms with Crippen molar-refractivity contribution in [2.45, 2.75) is 25.5 Å².